The van der Waals surface area contributed by atoms with Gasteiger partial charge in [0.25, 0.3) is 6.43 Å². The fourth-order valence-corrected chi connectivity index (χ4v) is 1.60. The van der Waals surface area contributed by atoms with Crippen LogP contribution in [0.25, 0.3) is 0 Å². The summed E-state index contributed by atoms with van der Waals surface area (Å²) in [5.74, 6) is 0. The molecular formula is C12H18F2N2O. The molecule has 0 heterocycles. The predicted molar refractivity (Wildman–Crippen MR) is 64.3 cm³/mol. The summed E-state index contributed by atoms with van der Waals surface area (Å²) in [5, 5.41) is 8.85. The van der Waals surface area contributed by atoms with Crippen molar-refractivity contribution in [2.45, 2.75) is 19.4 Å². The van der Waals surface area contributed by atoms with E-state index in [1.54, 1.807) is 12.1 Å². The first-order valence-corrected chi connectivity index (χ1v) is 5.54. The van der Waals surface area contributed by atoms with Crippen LogP contribution in [0.5, 0.6) is 0 Å². The maximum atomic E-state index is 12.4. The lowest BCUT2D eigenvalue weighted by Crippen LogP contribution is -2.31. The van der Waals surface area contributed by atoms with Gasteiger partial charge in [-0.1, -0.05) is 12.1 Å². The normalized spacial score (nSPS) is 12.8. The third-order valence-corrected chi connectivity index (χ3v) is 2.51. The molecular weight excluding hydrogens is 226 g/mol. The Morgan fingerprint density at radius 3 is 2.29 bits per heavy atom. The van der Waals surface area contributed by atoms with Crippen molar-refractivity contribution < 1.29 is 13.9 Å². The lowest BCUT2D eigenvalue weighted by Gasteiger charge is -2.23. The van der Waals surface area contributed by atoms with Crippen molar-refractivity contribution in [1.82, 2.24) is 0 Å². The van der Waals surface area contributed by atoms with Gasteiger partial charge < -0.3 is 15.7 Å². The minimum atomic E-state index is -2.42. The Bertz CT molecular complexity index is 328. The van der Waals surface area contributed by atoms with Gasteiger partial charge in [-0.05, 0) is 24.6 Å². The zero-order chi connectivity index (χ0) is 12.8. The van der Waals surface area contributed by atoms with Crippen molar-refractivity contribution in [2.24, 2.45) is 5.73 Å². The van der Waals surface area contributed by atoms with Gasteiger partial charge in [0, 0.05) is 18.3 Å². The Hall–Kier alpha value is -1.20. The van der Waals surface area contributed by atoms with Gasteiger partial charge in [0.15, 0.2) is 0 Å². The van der Waals surface area contributed by atoms with Gasteiger partial charge in [-0.3, -0.25) is 0 Å². The van der Waals surface area contributed by atoms with Gasteiger partial charge in [-0.2, -0.15) is 0 Å². The molecule has 0 fully saturated rings. The van der Waals surface area contributed by atoms with Crippen LogP contribution in [0.3, 0.4) is 0 Å². The first kappa shape index (κ1) is 13.9. The highest BCUT2D eigenvalue weighted by Gasteiger charge is 2.12. The number of nitrogens with two attached hydrogens (primary N) is 1. The summed E-state index contributed by atoms with van der Waals surface area (Å²) < 4.78 is 24.7. The van der Waals surface area contributed by atoms with E-state index in [4.69, 9.17) is 10.8 Å². The third kappa shape index (κ3) is 4.28. The van der Waals surface area contributed by atoms with Crippen LogP contribution in [0.1, 0.15) is 18.5 Å². The molecule has 1 unspecified atom stereocenters. The Labute approximate surface area is 99.8 Å². The molecule has 0 amide bonds. The van der Waals surface area contributed by atoms with E-state index in [1.807, 2.05) is 19.1 Å². The van der Waals surface area contributed by atoms with E-state index in [1.165, 1.54) is 4.90 Å². The lowest BCUT2D eigenvalue weighted by atomic mass is 10.1. The molecule has 0 bridgehead atoms. The minimum absolute atomic E-state index is 0.0783. The van der Waals surface area contributed by atoms with E-state index >= 15 is 0 Å². The zero-order valence-corrected chi connectivity index (χ0v) is 9.81. The molecule has 0 saturated heterocycles. The van der Waals surface area contributed by atoms with Crippen molar-refractivity contribution >= 4 is 5.69 Å². The fraction of sp³-hybridized carbons (Fsp3) is 0.500. The molecule has 0 radical (unpaired) electrons. The fourth-order valence-electron chi connectivity index (χ4n) is 1.60. The topological polar surface area (TPSA) is 49.5 Å². The van der Waals surface area contributed by atoms with Gasteiger partial charge in [-0.15, -0.1) is 0 Å². The monoisotopic (exact) mass is 244 g/mol. The van der Waals surface area contributed by atoms with Crippen molar-refractivity contribution in [1.29, 1.82) is 0 Å². The number of aliphatic hydroxyl groups excluding tert-OH is 1. The van der Waals surface area contributed by atoms with Crippen LogP contribution in [0, 0.1) is 0 Å². The summed E-state index contributed by atoms with van der Waals surface area (Å²) >= 11 is 0. The van der Waals surface area contributed by atoms with Crippen LogP contribution in [0.2, 0.25) is 0 Å². The van der Waals surface area contributed by atoms with Crippen molar-refractivity contribution in [3.63, 3.8) is 0 Å². The highest BCUT2D eigenvalue weighted by molar-refractivity contribution is 5.48. The minimum Gasteiger partial charge on any atom is -0.395 e. The molecule has 0 aliphatic heterocycles. The van der Waals surface area contributed by atoms with Crippen LogP contribution < -0.4 is 10.6 Å². The standard InChI is InChI=1S/C12H18F2N2O/c1-9(15)10-2-4-11(5-3-10)16(6-7-17)8-12(13)14/h2-5,9,12,17H,6-8,15H2,1H3. The van der Waals surface area contributed by atoms with E-state index in [2.05, 4.69) is 0 Å². The zero-order valence-electron chi connectivity index (χ0n) is 9.81. The number of benzene rings is 1. The van der Waals surface area contributed by atoms with Gasteiger partial charge in [0.1, 0.15) is 0 Å². The molecule has 0 spiro atoms. The molecule has 1 aromatic carbocycles. The number of rotatable bonds is 6. The summed E-state index contributed by atoms with van der Waals surface area (Å²) in [7, 11) is 0. The van der Waals surface area contributed by atoms with Gasteiger partial charge in [0.05, 0.1) is 13.2 Å². The van der Waals surface area contributed by atoms with Crippen LogP contribution in [-0.2, 0) is 0 Å². The Kier molecular flexibility index (Phi) is 5.31. The van der Waals surface area contributed by atoms with Gasteiger partial charge >= 0.3 is 0 Å². The van der Waals surface area contributed by atoms with Crippen molar-refractivity contribution in [2.75, 3.05) is 24.6 Å². The number of hydrogen-bond donors (Lipinski definition) is 2. The van der Waals surface area contributed by atoms with Crippen LogP contribution in [-0.4, -0.2) is 31.2 Å². The summed E-state index contributed by atoms with van der Waals surface area (Å²) in [6.07, 6.45) is -2.42. The molecule has 3 nitrogen and oxygen atoms in total. The second-order valence-corrected chi connectivity index (χ2v) is 3.94. The largest absolute Gasteiger partial charge is 0.395 e. The molecule has 5 heteroatoms. The first-order chi connectivity index (χ1) is 8.04. The summed E-state index contributed by atoms with van der Waals surface area (Å²) in [6, 6.07) is 7.05. The summed E-state index contributed by atoms with van der Waals surface area (Å²) in [6.45, 7) is 1.53. The third-order valence-electron chi connectivity index (χ3n) is 2.51. The molecule has 0 saturated carbocycles. The SMILES string of the molecule is CC(N)c1ccc(N(CCO)CC(F)F)cc1. The quantitative estimate of drug-likeness (QED) is 0.801. The molecule has 3 N–H and O–H groups in total. The molecule has 1 atom stereocenters. The van der Waals surface area contributed by atoms with Crippen LogP contribution in [0.4, 0.5) is 14.5 Å². The average molecular weight is 244 g/mol. The Balaban J connectivity index is 2.79. The van der Waals surface area contributed by atoms with Crippen LogP contribution >= 0.6 is 0 Å². The summed E-state index contributed by atoms with van der Waals surface area (Å²) in [5.41, 5.74) is 7.33. The molecule has 96 valence electrons. The van der Waals surface area contributed by atoms with Crippen molar-refractivity contribution in [3.05, 3.63) is 29.8 Å². The maximum Gasteiger partial charge on any atom is 0.255 e. The highest BCUT2D eigenvalue weighted by atomic mass is 19.3. The van der Waals surface area contributed by atoms with E-state index in [9.17, 15) is 8.78 Å². The molecule has 0 aromatic heterocycles. The predicted octanol–water partition coefficient (Wildman–Crippen LogP) is 1.77. The number of halogens is 2. The lowest BCUT2D eigenvalue weighted by molar-refractivity contribution is 0.153. The van der Waals surface area contributed by atoms with E-state index in [-0.39, 0.29) is 25.7 Å². The summed E-state index contributed by atoms with van der Waals surface area (Å²) in [4.78, 5) is 1.45. The van der Waals surface area contributed by atoms with E-state index in [0.29, 0.717) is 5.69 Å². The Morgan fingerprint density at radius 2 is 1.88 bits per heavy atom. The number of anilines is 1. The first-order valence-electron chi connectivity index (χ1n) is 5.54. The molecule has 1 rings (SSSR count). The van der Waals surface area contributed by atoms with Gasteiger partial charge in [-0.25, -0.2) is 8.78 Å². The maximum absolute atomic E-state index is 12.4. The second kappa shape index (κ2) is 6.51. The molecule has 17 heavy (non-hydrogen) atoms. The number of hydrogen-bond acceptors (Lipinski definition) is 3. The van der Waals surface area contributed by atoms with Gasteiger partial charge in [0.2, 0.25) is 0 Å². The molecule has 0 aliphatic rings. The highest BCUT2D eigenvalue weighted by Crippen LogP contribution is 2.18. The van der Waals surface area contributed by atoms with Crippen LogP contribution in [0.15, 0.2) is 24.3 Å². The average Bonchev–Trinajstić information content (AvgIpc) is 2.28. The van der Waals surface area contributed by atoms with E-state index < -0.39 is 6.43 Å². The van der Waals surface area contributed by atoms with Crippen molar-refractivity contribution in [3.8, 4) is 0 Å². The molecule has 0 aliphatic carbocycles. The second-order valence-electron chi connectivity index (χ2n) is 3.94. The van der Waals surface area contributed by atoms with E-state index in [0.717, 1.165) is 5.56 Å². The number of aliphatic hydroxyl groups is 1. The number of nitrogens with zero attached hydrogens (tertiary/aromatic N) is 1. The smallest absolute Gasteiger partial charge is 0.255 e. The molecule has 1 aromatic rings. The Morgan fingerprint density at radius 1 is 1.29 bits per heavy atom. The number of alkyl halides is 2.